The maximum Gasteiger partial charge on any atom is 0.306 e. The van der Waals surface area contributed by atoms with Crippen molar-refractivity contribution in [3.8, 4) is 23.7 Å². The minimum atomic E-state index is -0.934. The Labute approximate surface area is 240 Å². The molecule has 0 aromatic heterocycles. The summed E-state index contributed by atoms with van der Waals surface area (Å²) in [5.41, 5.74) is 3.08. The summed E-state index contributed by atoms with van der Waals surface area (Å²) in [6.45, 7) is 6.15. The van der Waals surface area contributed by atoms with Gasteiger partial charge in [-0.1, -0.05) is 48.2 Å². The molecule has 3 rings (SSSR count). The Hall–Kier alpha value is -4.24. The molecule has 0 aliphatic carbocycles. The summed E-state index contributed by atoms with van der Waals surface area (Å²) in [4.78, 5) is 47.4. The summed E-state index contributed by atoms with van der Waals surface area (Å²) in [6.07, 6.45) is -0.184. The second kappa shape index (κ2) is 14.9. The Bertz CT molecular complexity index is 1290. The lowest BCUT2D eigenvalue weighted by Crippen LogP contribution is -2.33. The molecule has 1 aliphatic heterocycles. The molecule has 0 amide bonds. The van der Waals surface area contributed by atoms with E-state index in [1.165, 1.54) is 13.8 Å². The number of aryl methyl sites for hydroxylation is 2. The first-order valence-electron chi connectivity index (χ1n) is 13.4. The van der Waals surface area contributed by atoms with Crippen LogP contribution in [0.2, 0.25) is 0 Å². The number of ketones is 2. The van der Waals surface area contributed by atoms with Crippen molar-refractivity contribution >= 4 is 23.5 Å². The third-order valence-electron chi connectivity index (χ3n) is 6.08. The Morgan fingerprint density at radius 2 is 1.10 bits per heavy atom. The van der Waals surface area contributed by atoms with Crippen molar-refractivity contribution in [2.45, 2.75) is 71.4 Å². The van der Waals surface area contributed by atoms with Gasteiger partial charge >= 0.3 is 11.9 Å². The van der Waals surface area contributed by atoms with E-state index in [9.17, 15) is 19.2 Å². The van der Waals surface area contributed by atoms with Gasteiger partial charge in [-0.15, -0.1) is 0 Å². The molecule has 1 heterocycles. The summed E-state index contributed by atoms with van der Waals surface area (Å²) in [5, 5.41) is 0. The van der Waals surface area contributed by atoms with E-state index < -0.39 is 29.9 Å². The standard InChI is InChI=1S/C33H34O8/c1-23(34)13-15-25-9-5-7-11-27(25)17-19-31(36)38-21-29-30(41-33(3,4)40-29)22-39-32(37)20-18-28-12-8-6-10-26(28)16-14-24(2)35/h5-12,29-30H,17-22H2,1-4H3/t29-,30-/m0/s1. The predicted molar refractivity (Wildman–Crippen MR) is 150 cm³/mol. The molecule has 214 valence electrons. The molecule has 2 aromatic rings. The monoisotopic (exact) mass is 558 g/mol. The van der Waals surface area contributed by atoms with Gasteiger partial charge in [-0.05, 0) is 61.8 Å². The van der Waals surface area contributed by atoms with Gasteiger partial charge in [0.05, 0.1) is 0 Å². The number of rotatable bonds is 10. The van der Waals surface area contributed by atoms with E-state index in [1.807, 2.05) is 36.4 Å². The van der Waals surface area contributed by atoms with Gasteiger partial charge in [-0.2, -0.15) is 0 Å². The van der Waals surface area contributed by atoms with Crippen LogP contribution in [0.3, 0.4) is 0 Å². The van der Waals surface area contributed by atoms with Crippen molar-refractivity contribution in [2.24, 2.45) is 0 Å². The molecule has 8 heteroatoms. The number of hydrogen-bond donors (Lipinski definition) is 0. The molecule has 0 unspecified atom stereocenters. The molecule has 1 fully saturated rings. The van der Waals surface area contributed by atoms with Gasteiger partial charge in [0, 0.05) is 37.8 Å². The quantitative estimate of drug-likeness (QED) is 0.321. The van der Waals surface area contributed by atoms with Gasteiger partial charge in [-0.25, -0.2) is 0 Å². The van der Waals surface area contributed by atoms with Crippen LogP contribution in [0.4, 0.5) is 0 Å². The van der Waals surface area contributed by atoms with Gasteiger partial charge in [0.15, 0.2) is 5.79 Å². The van der Waals surface area contributed by atoms with Gasteiger partial charge in [0.25, 0.3) is 0 Å². The summed E-state index contributed by atoms with van der Waals surface area (Å²) >= 11 is 0. The lowest BCUT2D eigenvalue weighted by molar-refractivity contribution is -0.163. The van der Waals surface area contributed by atoms with E-state index in [2.05, 4.69) is 23.7 Å². The van der Waals surface area contributed by atoms with Gasteiger partial charge in [-0.3, -0.25) is 19.2 Å². The van der Waals surface area contributed by atoms with Gasteiger partial charge in [0.1, 0.15) is 25.4 Å². The highest BCUT2D eigenvalue weighted by Gasteiger charge is 2.42. The topological polar surface area (TPSA) is 105 Å². The molecule has 0 N–H and O–H groups in total. The molecule has 41 heavy (non-hydrogen) atoms. The fourth-order valence-corrected chi connectivity index (χ4v) is 4.19. The lowest BCUT2D eigenvalue weighted by atomic mass is 10.0. The van der Waals surface area contributed by atoms with Crippen LogP contribution in [-0.2, 0) is 51.0 Å². The molecule has 0 radical (unpaired) electrons. The third-order valence-corrected chi connectivity index (χ3v) is 6.08. The second-order valence-corrected chi connectivity index (χ2v) is 10.0. The van der Waals surface area contributed by atoms with Crippen molar-refractivity contribution < 1.29 is 38.1 Å². The zero-order valence-corrected chi connectivity index (χ0v) is 23.8. The van der Waals surface area contributed by atoms with Crippen LogP contribution >= 0.6 is 0 Å². The third kappa shape index (κ3) is 10.7. The van der Waals surface area contributed by atoms with Crippen molar-refractivity contribution in [1.82, 2.24) is 0 Å². The van der Waals surface area contributed by atoms with Crippen LogP contribution in [0.25, 0.3) is 0 Å². The fourth-order valence-electron chi connectivity index (χ4n) is 4.19. The first kappa shape index (κ1) is 31.3. The predicted octanol–water partition coefficient (Wildman–Crippen LogP) is 3.74. The number of carbonyl (C=O) groups excluding carboxylic acids is 4. The average molecular weight is 559 g/mol. The van der Waals surface area contributed by atoms with Crippen molar-refractivity contribution in [2.75, 3.05) is 13.2 Å². The largest absolute Gasteiger partial charge is 0.463 e. The van der Waals surface area contributed by atoms with Crippen LogP contribution < -0.4 is 0 Å². The van der Waals surface area contributed by atoms with Crippen LogP contribution in [0, 0.1) is 23.7 Å². The minimum absolute atomic E-state index is 0.0571. The molecule has 2 atom stereocenters. The van der Waals surface area contributed by atoms with E-state index in [-0.39, 0.29) is 37.6 Å². The van der Waals surface area contributed by atoms with Crippen LogP contribution in [0.15, 0.2) is 48.5 Å². The molecule has 1 saturated heterocycles. The van der Waals surface area contributed by atoms with E-state index in [0.717, 1.165) is 11.1 Å². The Morgan fingerprint density at radius 1 is 0.707 bits per heavy atom. The summed E-state index contributed by atoms with van der Waals surface area (Å²) in [5.74, 6) is 8.47. The first-order chi connectivity index (χ1) is 19.5. The number of esters is 2. The average Bonchev–Trinajstić information content (AvgIpc) is 3.24. The van der Waals surface area contributed by atoms with Gasteiger partial charge < -0.3 is 18.9 Å². The fraction of sp³-hybridized carbons (Fsp3) is 0.394. The summed E-state index contributed by atoms with van der Waals surface area (Å²) < 4.78 is 22.7. The Balaban J connectivity index is 1.49. The van der Waals surface area contributed by atoms with Crippen LogP contribution in [0.1, 0.15) is 62.8 Å². The first-order valence-corrected chi connectivity index (χ1v) is 13.4. The van der Waals surface area contributed by atoms with Crippen molar-refractivity contribution in [1.29, 1.82) is 0 Å². The maximum absolute atomic E-state index is 12.5. The van der Waals surface area contributed by atoms with Crippen molar-refractivity contribution in [3.63, 3.8) is 0 Å². The SMILES string of the molecule is CC(=O)C#Cc1ccccc1CCC(=O)OC[C@@H]1OC(C)(C)O[C@H]1COC(=O)CCc1ccccc1C#CC(C)=O. The Morgan fingerprint density at radius 3 is 1.49 bits per heavy atom. The Kier molecular flexibility index (Phi) is 11.4. The van der Waals surface area contributed by atoms with E-state index in [0.29, 0.717) is 24.0 Å². The molecule has 1 aliphatic rings. The summed E-state index contributed by atoms with van der Waals surface area (Å²) in [7, 11) is 0. The molecule has 0 spiro atoms. The van der Waals surface area contributed by atoms with Crippen molar-refractivity contribution in [3.05, 3.63) is 70.8 Å². The zero-order valence-electron chi connectivity index (χ0n) is 23.8. The molecular weight excluding hydrogens is 524 g/mol. The van der Waals surface area contributed by atoms with Crippen LogP contribution in [-0.4, -0.2) is 54.7 Å². The maximum atomic E-state index is 12.5. The highest BCUT2D eigenvalue weighted by molar-refractivity contribution is 5.94. The normalized spacial score (nSPS) is 16.9. The van der Waals surface area contributed by atoms with E-state index in [1.54, 1.807) is 26.0 Å². The molecule has 0 bridgehead atoms. The molecular formula is C33H34O8. The number of benzene rings is 2. The number of carbonyl (C=O) groups is 4. The number of hydrogen-bond acceptors (Lipinski definition) is 8. The smallest absolute Gasteiger partial charge is 0.306 e. The highest BCUT2D eigenvalue weighted by atomic mass is 16.8. The van der Waals surface area contributed by atoms with Crippen LogP contribution in [0.5, 0.6) is 0 Å². The zero-order chi connectivity index (χ0) is 29.8. The lowest BCUT2D eigenvalue weighted by Gasteiger charge is -2.17. The molecule has 8 nitrogen and oxygen atoms in total. The van der Waals surface area contributed by atoms with Gasteiger partial charge in [0.2, 0.25) is 11.6 Å². The summed E-state index contributed by atoms with van der Waals surface area (Å²) in [6, 6.07) is 14.7. The number of ether oxygens (including phenoxy) is 4. The van der Waals surface area contributed by atoms with E-state index in [4.69, 9.17) is 18.9 Å². The minimum Gasteiger partial charge on any atom is -0.463 e. The highest BCUT2D eigenvalue weighted by Crippen LogP contribution is 2.29. The molecule has 0 saturated carbocycles. The number of Topliss-reactive ketones (excluding diaryl/α,β-unsaturated/α-hetero) is 2. The second-order valence-electron chi connectivity index (χ2n) is 10.0. The molecule has 2 aromatic carbocycles. The van der Waals surface area contributed by atoms with E-state index >= 15 is 0 Å².